The average molecular weight is 336 g/mol. The van der Waals surface area contributed by atoms with Crippen LogP contribution >= 0.6 is 11.3 Å². The number of carboxylic acid groups (broad SMARTS) is 1. The molecule has 0 aliphatic rings. The van der Waals surface area contributed by atoms with Gasteiger partial charge in [0.15, 0.2) is 0 Å². The summed E-state index contributed by atoms with van der Waals surface area (Å²) >= 11 is 1.59. The lowest BCUT2D eigenvalue weighted by molar-refractivity contribution is -0.598. The standard InChI is InChI=1S/C17H21NO4S/c1-3-4-9-21-10-11-22-16-13(2)23-12-18(16)15-7-5-14(6-8-15)17(19)20/h5-8,12H,3-4,9-11H2,1-2H3/p+1. The number of ether oxygens (including phenoxy) is 2. The monoisotopic (exact) mass is 336 g/mol. The minimum absolute atomic E-state index is 0.271. The van der Waals surface area contributed by atoms with Gasteiger partial charge < -0.3 is 14.6 Å². The summed E-state index contributed by atoms with van der Waals surface area (Å²) in [5.41, 5.74) is 3.10. The number of thiazole rings is 1. The van der Waals surface area contributed by atoms with Crippen molar-refractivity contribution in [2.75, 3.05) is 19.8 Å². The van der Waals surface area contributed by atoms with Crippen LogP contribution in [0.3, 0.4) is 0 Å². The highest BCUT2D eigenvalue weighted by molar-refractivity contribution is 7.09. The highest BCUT2D eigenvalue weighted by Gasteiger charge is 2.21. The van der Waals surface area contributed by atoms with Crippen molar-refractivity contribution in [3.63, 3.8) is 0 Å². The number of rotatable bonds is 9. The molecule has 2 rings (SSSR count). The maximum Gasteiger partial charge on any atom is 0.388 e. The Morgan fingerprint density at radius 2 is 1.96 bits per heavy atom. The first-order chi connectivity index (χ1) is 11.1. The Kier molecular flexibility index (Phi) is 6.55. The zero-order chi connectivity index (χ0) is 16.7. The molecule has 0 spiro atoms. The molecule has 0 saturated heterocycles. The molecule has 0 aliphatic heterocycles. The van der Waals surface area contributed by atoms with Crippen molar-refractivity contribution in [2.24, 2.45) is 0 Å². The summed E-state index contributed by atoms with van der Waals surface area (Å²) in [6.07, 6.45) is 2.18. The molecule has 1 N–H and O–H groups in total. The summed E-state index contributed by atoms with van der Waals surface area (Å²) in [7, 11) is 0. The lowest BCUT2D eigenvalue weighted by atomic mass is 10.2. The SMILES string of the molecule is CCCCOCCOc1c(C)sc[n+]1-c1ccc(C(=O)O)cc1. The van der Waals surface area contributed by atoms with Crippen LogP contribution in [-0.2, 0) is 4.74 Å². The predicted octanol–water partition coefficient (Wildman–Crippen LogP) is 3.23. The van der Waals surface area contributed by atoms with Crippen LogP contribution in [0, 0.1) is 6.92 Å². The first-order valence-corrected chi connectivity index (χ1v) is 8.55. The van der Waals surface area contributed by atoms with Gasteiger partial charge in [-0.3, -0.25) is 0 Å². The Labute approximate surface area is 140 Å². The second kappa shape index (κ2) is 8.64. The van der Waals surface area contributed by atoms with E-state index in [4.69, 9.17) is 14.6 Å². The van der Waals surface area contributed by atoms with Gasteiger partial charge in [-0.05, 0) is 25.5 Å². The Hall–Kier alpha value is -1.92. The van der Waals surface area contributed by atoms with Crippen molar-refractivity contribution in [2.45, 2.75) is 26.7 Å². The third-order valence-corrected chi connectivity index (χ3v) is 4.20. The quantitative estimate of drug-likeness (QED) is 0.564. The van der Waals surface area contributed by atoms with Crippen molar-refractivity contribution in [1.82, 2.24) is 0 Å². The molecule has 6 heteroatoms. The summed E-state index contributed by atoms with van der Waals surface area (Å²) in [6.45, 7) is 5.95. The molecule has 124 valence electrons. The van der Waals surface area contributed by atoms with Crippen LogP contribution in [-0.4, -0.2) is 30.9 Å². The lowest BCUT2D eigenvalue weighted by Crippen LogP contribution is -2.31. The second-order valence-electron chi connectivity index (χ2n) is 5.12. The number of hydrogen-bond acceptors (Lipinski definition) is 4. The van der Waals surface area contributed by atoms with Gasteiger partial charge in [0.25, 0.3) is 0 Å². The van der Waals surface area contributed by atoms with Crippen molar-refractivity contribution < 1.29 is 23.9 Å². The van der Waals surface area contributed by atoms with Gasteiger partial charge in [-0.2, -0.15) is 0 Å². The fraction of sp³-hybridized carbons (Fsp3) is 0.412. The van der Waals surface area contributed by atoms with Gasteiger partial charge in [0.05, 0.1) is 12.2 Å². The van der Waals surface area contributed by atoms with E-state index in [9.17, 15) is 4.79 Å². The number of carboxylic acids is 1. The van der Waals surface area contributed by atoms with E-state index in [2.05, 4.69) is 6.92 Å². The number of benzene rings is 1. The third-order valence-electron chi connectivity index (χ3n) is 3.36. The minimum Gasteiger partial charge on any atom is -0.478 e. The molecule has 0 atom stereocenters. The molecule has 5 nitrogen and oxygen atoms in total. The number of nitrogens with zero attached hydrogens (tertiary/aromatic N) is 1. The van der Waals surface area contributed by atoms with E-state index in [0.29, 0.717) is 13.2 Å². The normalized spacial score (nSPS) is 10.7. The van der Waals surface area contributed by atoms with Crippen LogP contribution in [0.15, 0.2) is 29.8 Å². The van der Waals surface area contributed by atoms with E-state index >= 15 is 0 Å². The van der Waals surface area contributed by atoms with E-state index in [1.165, 1.54) is 0 Å². The van der Waals surface area contributed by atoms with Gasteiger partial charge in [0.2, 0.25) is 11.2 Å². The Balaban J connectivity index is 2.01. The molecule has 1 aromatic carbocycles. The zero-order valence-corrected chi connectivity index (χ0v) is 14.3. The molecule has 0 aliphatic carbocycles. The summed E-state index contributed by atoms with van der Waals surface area (Å²) in [5.74, 6) is -0.152. The molecule has 0 saturated carbocycles. The second-order valence-corrected chi connectivity index (χ2v) is 6.18. The summed E-state index contributed by atoms with van der Waals surface area (Å²) in [5, 5.41) is 8.97. The van der Waals surface area contributed by atoms with Gasteiger partial charge >= 0.3 is 11.8 Å². The molecule has 0 radical (unpaired) electrons. The van der Waals surface area contributed by atoms with Crippen LogP contribution in [0.1, 0.15) is 35.0 Å². The molecule has 0 unspecified atom stereocenters. The van der Waals surface area contributed by atoms with Crippen LogP contribution in [0.25, 0.3) is 5.69 Å². The molecule has 0 fully saturated rings. The largest absolute Gasteiger partial charge is 0.478 e. The van der Waals surface area contributed by atoms with Gasteiger partial charge in [0.1, 0.15) is 11.5 Å². The lowest BCUT2D eigenvalue weighted by Gasteiger charge is -2.05. The topological polar surface area (TPSA) is 59.6 Å². The van der Waals surface area contributed by atoms with Gasteiger partial charge in [0, 0.05) is 18.7 Å². The first-order valence-electron chi connectivity index (χ1n) is 7.67. The van der Waals surface area contributed by atoms with E-state index in [0.717, 1.165) is 35.9 Å². The first kappa shape index (κ1) is 17.4. The van der Waals surface area contributed by atoms with E-state index < -0.39 is 5.97 Å². The molecule has 1 aromatic heterocycles. The number of carbonyl (C=O) groups is 1. The fourth-order valence-corrected chi connectivity index (χ4v) is 2.80. The van der Waals surface area contributed by atoms with Gasteiger partial charge in [-0.25, -0.2) is 4.79 Å². The number of unbranched alkanes of at least 4 members (excludes halogenated alkanes) is 1. The molecular weight excluding hydrogens is 314 g/mol. The van der Waals surface area contributed by atoms with E-state index in [1.807, 2.05) is 17.0 Å². The van der Waals surface area contributed by atoms with E-state index in [-0.39, 0.29) is 5.56 Å². The maximum absolute atomic E-state index is 10.9. The Morgan fingerprint density at radius 3 is 2.61 bits per heavy atom. The fourth-order valence-electron chi connectivity index (χ4n) is 2.06. The van der Waals surface area contributed by atoms with Crippen molar-refractivity contribution >= 4 is 17.3 Å². The average Bonchev–Trinajstić information content (AvgIpc) is 2.92. The van der Waals surface area contributed by atoms with Crippen molar-refractivity contribution in [3.05, 3.63) is 40.2 Å². The highest BCUT2D eigenvalue weighted by atomic mass is 32.1. The van der Waals surface area contributed by atoms with E-state index in [1.54, 1.807) is 35.6 Å². The Bertz CT molecular complexity index is 637. The van der Waals surface area contributed by atoms with Crippen molar-refractivity contribution in [3.8, 4) is 11.6 Å². The molecule has 1 heterocycles. The smallest absolute Gasteiger partial charge is 0.388 e. The van der Waals surface area contributed by atoms with Crippen LogP contribution in [0.4, 0.5) is 0 Å². The minimum atomic E-state index is -0.927. The number of aromatic nitrogens is 1. The third kappa shape index (κ3) is 4.77. The van der Waals surface area contributed by atoms with Gasteiger partial charge in [-0.15, -0.1) is 4.57 Å². The summed E-state index contributed by atoms with van der Waals surface area (Å²) < 4.78 is 13.3. The highest BCUT2D eigenvalue weighted by Crippen LogP contribution is 2.20. The number of aromatic carboxylic acids is 1. The maximum atomic E-state index is 10.9. The molecule has 2 aromatic rings. The molecule has 23 heavy (non-hydrogen) atoms. The molecule has 0 bridgehead atoms. The predicted molar refractivity (Wildman–Crippen MR) is 88.8 cm³/mol. The molecular formula is C17H22NO4S+. The zero-order valence-electron chi connectivity index (χ0n) is 13.4. The summed E-state index contributed by atoms with van der Waals surface area (Å²) in [4.78, 5) is 12.0. The van der Waals surface area contributed by atoms with Gasteiger partial charge in [-0.1, -0.05) is 24.7 Å². The van der Waals surface area contributed by atoms with Crippen LogP contribution in [0.2, 0.25) is 0 Å². The van der Waals surface area contributed by atoms with Crippen LogP contribution in [0.5, 0.6) is 5.88 Å². The summed E-state index contributed by atoms with van der Waals surface area (Å²) in [6, 6.07) is 6.74. The van der Waals surface area contributed by atoms with Crippen molar-refractivity contribution in [1.29, 1.82) is 0 Å². The molecule has 0 amide bonds. The number of hydrogen-bond donors (Lipinski definition) is 1. The van der Waals surface area contributed by atoms with Crippen LogP contribution < -0.4 is 9.30 Å². The number of aryl methyl sites for hydroxylation is 1. The Morgan fingerprint density at radius 1 is 1.22 bits per heavy atom.